The number of aromatic nitrogens is 2. The number of carbonyl (C=O) groups is 1. The number of hydrogen-bond donors (Lipinski definition) is 0. The van der Waals surface area contributed by atoms with Crippen molar-refractivity contribution in [3.63, 3.8) is 0 Å². The summed E-state index contributed by atoms with van der Waals surface area (Å²) in [7, 11) is 0. The van der Waals surface area contributed by atoms with E-state index in [1.54, 1.807) is 6.92 Å². The molecule has 0 aliphatic rings. The standard InChI is InChI=1S/C17H25N3O3S/c1-6-19(7-2)9-13-18-16-15(11(4)12(5)24-16)17(22)20(13)10-14(21)23-8-3/h6-10H2,1-5H3. The average molecular weight is 351 g/mol. The van der Waals surface area contributed by atoms with Crippen LogP contribution >= 0.6 is 11.3 Å². The molecular weight excluding hydrogens is 326 g/mol. The zero-order chi connectivity index (χ0) is 17.9. The summed E-state index contributed by atoms with van der Waals surface area (Å²) in [6.45, 7) is 12.2. The molecule has 0 amide bonds. The number of esters is 1. The Balaban J connectivity index is 2.59. The van der Waals surface area contributed by atoms with Crippen LogP contribution < -0.4 is 5.56 Å². The molecule has 0 atom stereocenters. The number of ether oxygens (including phenoxy) is 1. The van der Waals surface area contributed by atoms with Gasteiger partial charge in [-0.05, 0) is 39.4 Å². The van der Waals surface area contributed by atoms with Crippen molar-refractivity contribution in [1.29, 1.82) is 0 Å². The Bertz CT molecular complexity index is 790. The van der Waals surface area contributed by atoms with E-state index in [0.29, 0.717) is 24.4 Å². The Morgan fingerprint density at radius 1 is 1.25 bits per heavy atom. The quantitative estimate of drug-likeness (QED) is 0.717. The lowest BCUT2D eigenvalue weighted by molar-refractivity contribution is -0.143. The second kappa shape index (κ2) is 7.90. The van der Waals surface area contributed by atoms with Crippen molar-refractivity contribution in [2.45, 2.75) is 47.7 Å². The van der Waals surface area contributed by atoms with Crippen LogP contribution in [0.15, 0.2) is 4.79 Å². The highest BCUT2D eigenvalue weighted by atomic mass is 32.1. The van der Waals surface area contributed by atoms with Gasteiger partial charge in [-0.25, -0.2) is 4.98 Å². The molecule has 0 bridgehead atoms. The second-order valence-electron chi connectivity index (χ2n) is 5.65. The van der Waals surface area contributed by atoms with E-state index in [1.807, 2.05) is 13.8 Å². The van der Waals surface area contributed by atoms with E-state index < -0.39 is 5.97 Å². The predicted octanol–water partition coefficient (Wildman–Crippen LogP) is 2.48. The molecule has 0 saturated carbocycles. The van der Waals surface area contributed by atoms with Crippen LogP contribution in [-0.4, -0.2) is 40.1 Å². The molecule has 0 saturated heterocycles. The van der Waals surface area contributed by atoms with Crippen LogP contribution in [0.2, 0.25) is 0 Å². The van der Waals surface area contributed by atoms with Gasteiger partial charge in [-0.2, -0.15) is 0 Å². The van der Waals surface area contributed by atoms with Crippen molar-refractivity contribution in [1.82, 2.24) is 14.5 Å². The molecule has 2 heterocycles. The van der Waals surface area contributed by atoms with E-state index in [4.69, 9.17) is 9.72 Å². The summed E-state index contributed by atoms with van der Waals surface area (Å²) in [5.74, 6) is 0.205. The first kappa shape index (κ1) is 18.6. The minimum atomic E-state index is -0.411. The van der Waals surface area contributed by atoms with Crippen LogP contribution in [0.25, 0.3) is 10.2 Å². The lowest BCUT2D eigenvalue weighted by Gasteiger charge is -2.20. The number of carbonyl (C=O) groups excluding carboxylic acids is 1. The van der Waals surface area contributed by atoms with E-state index in [1.165, 1.54) is 15.9 Å². The highest BCUT2D eigenvalue weighted by Crippen LogP contribution is 2.26. The van der Waals surface area contributed by atoms with Crippen molar-refractivity contribution >= 4 is 27.5 Å². The lowest BCUT2D eigenvalue weighted by Crippen LogP contribution is -2.33. The zero-order valence-electron chi connectivity index (χ0n) is 15.0. The molecule has 0 aliphatic carbocycles. The smallest absolute Gasteiger partial charge is 0.326 e. The van der Waals surface area contributed by atoms with Gasteiger partial charge in [0.15, 0.2) is 0 Å². The van der Waals surface area contributed by atoms with E-state index in [2.05, 4.69) is 18.7 Å². The molecule has 2 aromatic heterocycles. The Kier molecular flexibility index (Phi) is 6.12. The zero-order valence-corrected chi connectivity index (χ0v) is 15.8. The van der Waals surface area contributed by atoms with Crippen LogP contribution in [0.1, 0.15) is 37.0 Å². The van der Waals surface area contributed by atoms with Gasteiger partial charge in [0.1, 0.15) is 17.2 Å². The summed E-state index contributed by atoms with van der Waals surface area (Å²) in [5, 5.41) is 0.616. The van der Waals surface area contributed by atoms with Crippen LogP contribution in [-0.2, 0) is 22.6 Å². The summed E-state index contributed by atoms with van der Waals surface area (Å²) in [4.78, 5) is 33.6. The largest absolute Gasteiger partial charge is 0.465 e. The Labute approximate surface area is 146 Å². The first-order chi connectivity index (χ1) is 11.4. The van der Waals surface area contributed by atoms with Gasteiger partial charge in [0.05, 0.1) is 18.5 Å². The minimum Gasteiger partial charge on any atom is -0.465 e. The van der Waals surface area contributed by atoms with Crippen molar-refractivity contribution in [2.75, 3.05) is 19.7 Å². The molecule has 0 radical (unpaired) electrons. The average Bonchev–Trinajstić information content (AvgIpc) is 2.83. The summed E-state index contributed by atoms with van der Waals surface area (Å²) >= 11 is 1.53. The fourth-order valence-electron chi connectivity index (χ4n) is 2.64. The highest BCUT2D eigenvalue weighted by Gasteiger charge is 2.19. The molecule has 0 aromatic carbocycles. The molecule has 6 nitrogen and oxygen atoms in total. The molecule has 24 heavy (non-hydrogen) atoms. The van der Waals surface area contributed by atoms with Gasteiger partial charge >= 0.3 is 5.97 Å². The molecule has 0 spiro atoms. The Hall–Kier alpha value is -1.73. The van der Waals surface area contributed by atoms with Crippen LogP contribution in [0, 0.1) is 13.8 Å². The fourth-order valence-corrected chi connectivity index (χ4v) is 3.67. The monoisotopic (exact) mass is 351 g/mol. The fraction of sp³-hybridized carbons (Fsp3) is 0.588. The topological polar surface area (TPSA) is 64.4 Å². The number of hydrogen-bond acceptors (Lipinski definition) is 6. The maximum atomic E-state index is 13.0. The van der Waals surface area contributed by atoms with Crippen LogP contribution in [0.3, 0.4) is 0 Å². The van der Waals surface area contributed by atoms with Crippen molar-refractivity contribution in [3.8, 4) is 0 Å². The normalized spacial score (nSPS) is 11.4. The van der Waals surface area contributed by atoms with Crippen LogP contribution in [0.5, 0.6) is 0 Å². The first-order valence-corrected chi connectivity index (χ1v) is 9.11. The second-order valence-corrected chi connectivity index (χ2v) is 6.85. The molecule has 0 fully saturated rings. The van der Waals surface area contributed by atoms with Crippen molar-refractivity contribution < 1.29 is 9.53 Å². The third-order valence-electron chi connectivity index (χ3n) is 4.22. The third-order valence-corrected chi connectivity index (χ3v) is 5.32. The van der Waals surface area contributed by atoms with Gasteiger partial charge in [0.25, 0.3) is 5.56 Å². The maximum Gasteiger partial charge on any atom is 0.326 e. The van der Waals surface area contributed by atoms with E-state index in [9.17, 15) is 9.59 Å². The van der Waals surface area contributed by atoms with E-state index in [-0.39, 0.29) is 12.1 Å². The lowest BCUT2D eigenvalue weighted by atomic mass is 10.2. The highest BCUT2D eigenvalue weighted by molar-refractivity contribution is 7.18. The molecule has 0 aliphatic heterocycles. The van der Waals surface area contributed by atoms with E-state index in [0.717, 1.165) is 28.4 Å². The number of fused-ring (bicyclic) bond motifs is 1. The summed E-state index contributed by atoms with van der Waals surface area (Å²) < 4.78 is 6.49. The summed E-state index contributed by atoms with van der Waals surface area (Å²) in [5.41, 5.74) is 0.788. The van der Waals surface area contributed by atoms with Gasteiger partial charge in [-0.15, -0.1) is 11.3 Å². The first-order valence-electron chi connectivity index (χ1n) is 8.30. The van der Waals surface area contributed by atoms with E-state index >= 15 is 0 Å². The molecule has 2 rings (SSSR count). The van der Waals surface area contributed by atoms with Gasteiger partial charge in [-0.3, -0.25) is 19.1 Å². The summed E-state index contributed by atoms with van der Waals surface area (Å²) in [6.07, 6.45) is 0. The van der Waals surface area contributed by atoms with Gasteiger partial charge in [0, 0.05) is 4.88 Å². The molecule has 132 valence electrons. The number of rotatable bonds is 7. The third kappa shape index (κ3) is 3.67. The van der Waals surface area contributed by atoms with Crippen molar-refractivity contribution in [3.05, 3.63) is 26.6 Å². The molecular formula is C17H25N3O3S. The minimum absolute atomic E-state index is 0.0967. The van der Waals surface area contributed by atoms with Crippen LogP contribution in [0.4, 0.5) is 0 Å². The molecule has 2 aromatic rings. The number of thiophene rings is 1. The molecule has 0 N–H and O–H groups in total. The Morgan fingerprint density at radius 2 is 1.92 bits per heavy atom. The van der Waals surface area contributed by atoms with Crippen molar-refractivity contribution in [2.24, 2.45) is 0 Å². The molecule has 7 heteroatoms. The number of aryl methyl sites for hydroxylation is 2. The maximum absolute atomic E-state index is 13.0. The SMILES string of the molecule is CCOC(=O)Cn1c(CN(CC)CC)nc2sc(C)c(C)c2c1=O. The predicted molar refractivity (Wildman–Crippen MR) is 96.6 cm³/mol. The van der Waals surface area contributed by atoms with Gasteiger partial charge in [0.2, 0.25) is 0 Å². The van der Waals surface area contributed by atoms with Gasteiger partial charge in [-0.1, -0.05) is 13.8 Å². The molecule has 0 unspecified atom stereocenters. The summed E-state index contributed by atoms with van der Waals surface area (Å²) in [6, 6.07) is 0. The van der Waals surface area contributed by atoms with Gasteiger partial charge < -0.3 is 4.74 Å². The Morgan fingerprint density at radius 3 is 2.50 bits per heavy atom. The number of nitrogens with zero attached hydrogens (tertiary/aromatic N) is 3.